The normalized spacial score (nSPS) is 15.6. The first-order valence-corrected chi connectivity index (χ1v) is 9.16. The van der Waals surface area contributed by atoms with E-state index in [-0.39, 0.29) is 23.6 Å². The number of carbonyl (C=O) groups is 2. The van der Waals surface area contributed by atoms with Gasteiger partial charge in [0.1, 0.15) is 17.7 Å². The van der Waals surface area contributed by atoms with Crippen LogP contribution in [0.2, 0.25) is 0 Å². The standard InChI is InChI=1S/C19H20FNO3S/c1-3-4-18(23)21-10-14-8-12-7-13(20)9-15(19(12)24-14)17-6-5-16(25-17)11(2)22/h5-7,9,14H,3-4,8,10H2,1-2H3,(H,21,23)/t14-/m0/s1. The minimum absolute atomic E-state index is 0.00202. The van der Waals surface area contributed by atoms with Gasteiger partial charge in [-0.3, -0.25) is 9.59 Å². The number of benzene rings is 1. The van der Waals surface area contributed by atoms with Gasteiger partial charge >= 0.3 is 0 Å². The van der Waals surface area contributed by atoms with Crippen LogP contribution >= 0.6 is 11.3 Å². The van der Waals surface area contributed by atoms with Crippen LogP contribution in [0.5, 0.6) is 5.75 Å². The minimum Gasteiger partial charge on any atom is -0.487 e. The van der Waals surface area contributed by atoms with Gasteiger partial charge in [0.15, 0.2) is 5.78 Å². The number of hydrogen-bond acceptors (Lipinski definition) is 4. The van der Waals surface area contributed by atoms with E-state index in [4.69, 9.17) is 4.74 Å². The van der Waals surface area contributed by atoms with Gasteiger partial charge < -0.3 is 10.1 Å². The fraction of sp³-hybridized carbons (Fsp3) is 0.368. The molecule has 1 aromatic carbocycles. The maximum Gasteiger partial charge on any atom is 0.220 e. The third-order valence-corrected chi connectivity index (χ3v) is 5.30. The van der Waals surface area contributed by atoms with E-state index in [1.54, 1.807) is 6.07 Å². The highest BCUT2D eigenvalue weighted by Crippen LogP contribution is 2.42. The molecule has 1 aromatic heterocycles. The van der Waals surface area contributed by atoms with Crippen molar-refractivity contribution in [3.05, 3.63) is 40.5 Å². The van der Waals surface area contributed by atoms with E-state index < -0.39 is 0 Å². The molecular formula is C19H20FNO3S. The summed E-state index contributed by atoms with van der Waals surface area (Å²) >= 11 is 1.33. The highest BCUT2D eigenvalue weighted by atomic mass is 32.1. The average Bonchev–Trinajstić information content (AvgIpc) is 3.19. The number of carbonyl (C=O) groups excluding carboxylic acids is 2. The molecule has 2 aromatic rings. The number of Topliss-reactive ketones (excluding diaryl/α,β-unsaturated/α-hetero) is 1. The largest absolute Gasteiger partial charge is 0.487 e. The zero-order chi connectivity index (χ0) is 18.0. The van der Waals surface area contributed by atoms with E-state index in [0.717, 1.165) is 16.9 Å². The molecule has 6 heteroatoms. The second-order valence-corrected chi connectivity index (χ2v) is 7.24. The smallest absolute Gasteiger partial charge is 0.220 e. The van der Waals surface area contributed by atoms with Crippen molar-refractivity contribution in [2.45, 2.75) is 39.2 Å². The van der Waals surface area contributed by atoms with E-state index in [1.165, 1.54) is 30.4 Å². The maximum atomic E-state index is 14.0. The fourth-order valence-corrected chi connectivity index (χ4v) is 3.82. The lowest BCUT2D eigenvalue weighted by Crippen LogP contribution is -2.34. The summed E-state index contributed by atoms with van der Waals surface area (Å²) in [5.74, 6) is 0.304. The molecule has 4 nitrogen and oxygen atoms in total. The molecule has 0 radical (unpaired) electrons. The maximum absolute atomic E-state index is 14.0. The highest BCUT2D eigenvalue weighted by Gasteiger charge is 2.27. The Morgan fingerprint density at radius 3 is 2.84 bits per heavy atom. The molecule has 0 unspecified atom stereocenters. The average molecular weight is 361 g/mol. The number of hydrogen-bond donors (Lipinski definition) is 1. The molecular weight excluding hydrogens is 341 g/mol. The van der Waals surface area contributed by atoms with Crippen molar-refractivity contribution in [3.63, 3.8) is 0 Å². The summed E-state index contributed by atoms with van der Waals surface area (Å²) in [7, 11) is 0. The Bertz CT molecular complexity index is 815. The lowest BCUT2D eigenvalue weighted by Gasteiger charge is -2.13. The number of ketones is 1. The number of rotatable bonds is 6. The number of nitrogens with one attached hydrogen (secondary N) is 1. The second kappa shape index (κ2) is 7.35. The van der Waals surface area contributed by atoms with Gasteiger partial charge in [0.05, 0.1) is 11.4 Å². The number of thiophene rings is 1. The predicted molar refractivity (Wildman–Crippen MR) is 95.8 cm³/mol. The molecule has 1 aliphatic heterocycles. The Balaban J connectivity index is 1.81. The summed E-state index contributed by atoms with van der Waals surface area (Å²) < 4.78 is 20.0. The van der Waals surface area contributed by atoms with E-state index in [1.807, 2.05) is 13.0 Å². The summed E-state index contributed by atoms with van der Waals surface area (Å²) in [6.07, 6.45) is 1.63. The van der Waals surface area contributed by atoms with E-state index in [2.05, 4.69) is 5.32 Å². The fourth-order valence-electron chi connectivity index (χ4n) is 2.91. The monoisotopic (exact) mass is 361 g/mol. The minimum atomic E-state index is -0.328. The number of fused-ring (bicyclic) bond motifs is 1. The second-order valence-electron chi connectivity index (χ2n) is 6.16. The molecule has 1 amide bonds. The van der Waals surface area contributed by atoms with Gasteiger partial charge in [0, 0.05) is 28.8 Å². The molecule has 1 N–H and O–H groups in total. The highest BCUT2D eigenvalue weighted by molar-refractivity contribution is 7.17. The molecule has 0 saturated heterocycles. The van der Waals surface area contributed by atoms with Crippen molar-refractivity contribution < 1.29 is 18.7 Å². The summed E-state index contributed by atoms with van der Waals surface area (Å²) in [6.45, 7) is 3.86. The summed E-state index contributed by atoms with van der Waals surface area (Å²) in [5.41, 5.74) is 1.46. The van der Waals surface area contributed by atoms with Gasteiger partial charge in [-0.05, 0) is 37.6 Å². The molecule has 0 saturated carbocycles. The Kier molecular flexibility index (Phi) is 5.18. The van der Waals surface area contributed by atoms with E-state index in [0.29, 0.717) is 35.6 Å². The molecule has 2 heterocycles. The van der Waals surface area contributed by atoms with Crippen molar-refractivity contribution in [3.8, 4) is 16.2 Å². The van der Waals surface area contributed by atoms with Crippen LogP contribution in [0.15, 0.2) is 24.3 Å². The Morgan fingerprint density at radius 1 is 1.36 bits per heavy atom. The lowest BCUT2D eigenvalue weighted by atomic mass is 10.0. The first kappa shape index (κ1) is 17.6. The van der Waals surface area contributed by atoms with Gasteiger partial charge in [-0.1, -0.05) is 6.92 Å². The van der Waals surface area contributed by atoms with Crippen LogP contribution in [0.4, 0.5) is 4.39 Å². The van der Waals surface area contributed by atoms with Crippen molar-refractivity contribution >= 4 is 23.0 Å². The first-order valence-electron chi connectivity index (χ1n) is 8.34. The van der Waals surface area contributed by atoms with Gasteiger partial charge in [-0.25, -0.2) is 4.39 Å². The van der Waals surface area contributed by atoms with Crippen LogP contribution in [0, 0.1) is 5.82 Å². The van der Waals surface area contributed by atoms with Crippen LogP contribution < -0.4 is 10.1 Å². The van der Waals surface area contributed by atoms with Gasteiger partial charge in [-0.2, -0.15) is 0 Å². The van der Waals surface area contributed by atoms with E-state index in [9.17, 15) is 14.0 Å². The lowest BCUT2D eigenvalue weighted by molar-refractivity contribution is -0.121. The number of ether oxygens (including phenoxy) is 1. The van der Waals surface area contributed by atoms with Crippen LogP contribution in [-0.2, 0) is 11.2 Å². The number of halogens is 1. The SMILES string of the molecule is CCCC(=O)NC[C@@H]1Cc2cc(F)cc(-c3ccc(C(C)=O)s3)c2O1. The molecule has 0 bridgehead atoms. The quantitative estimate of drug-likeness (QED) is 0.792. The van der Waals surface area contributed by atoms with E-state index >= 15 is 0 Å². The van der Waals surface area contributed by atoms with Crippen molar-refractivity contribution in [1.29, 1.82) is 0 Å². The Morgan fingerprint density at radius 2 is 2.16 bits per heavy atom. The molecule has 0 fully saturated rings. The Hall–Kier alpha value is -2.21. The molecule has 1 atom stereocenters. The molecule has 132 valence electrons. The van der Waals surface area contributed by atoms with Crippen molar-refractivity contribution in [1.82, 2.24) is 5.32 Å². The molecule has 1 aliphatic rings. The van der Waals surface area contributed by atoms with Gasteiger partial charge in [-0.15, -0.1) is 11.3 Å². The van der Waals surface area contributed by atoms with Crippen LogP contribution in [0.1, 0.15) is 41.9 Å². The number of amides is 1. The summed E-state index contributed by atoms with van der Waals surface area (Å²) in [6, 6.07) is 6.48. The molecule has 0 spiro atoms. The molecule has 25 heavy (non-hydrogen) atoms. The van der Waals surface area contributed by atoms with Crippen LogP contribution in [0.3, 0.4) is 0 Å². The zero-order valence-corrected chi connectivity index (χ0v) is 15.0. The van der Waals surface area contributed by atoms with Gasteiger partial charge in [0.25, 0.3) is 0 Å². The summed E-state index contributed by atoms with van der Waals surface area (Å²) in [5, 5.41) is 2.85. The predicted octanol–water partition coefficient (Wildman–Crippen LogP) is 3.98. The third kappa shape index (κ3) is 3.90. The molecule has 3 rings (SSSR count). The van der Waals surface area contributed by atoms with Crippen LogP contribution in [-0.4, -0.2) is 24.3 Å². The van der Waals surface area contributed by atoms with Crippen LogP contribution in [0.25, 0.3) is 10.4 Å². The molecule has 0 aliphatic carbocycles. The van der Waals surface area contributed by atoms with Crippen molar-refractivity contribution in [2.75, 3.05) is 6.54 Å². The Labute approximate surface area is 150 Å². The summed E-state index contributed by atoms with van der Waals surface area (Å²) in [4.78, 5) is 24.6. The van der Waals surface area contributed by atoms with Crippen molar-refractivity contribution in [2.24, 2.45) is 0 Å². The third-order valence-electron chi connectivity index (χ3n) is 4.09. The zero-order valence-electron chi connectivity index (χ0n) is 14.2. The first-order chi connectivity index (χ1) is 12.0. The van der Waals surface area contributed by atoms with Gasteiger partial charge in [0.2, 0.25) is 5.91 Å². The topological polar surface area (TPSA) is 55.4 Å².